The molecule has 0 spiro atoms. The molecule has 0 radical (unpaired) electrons. The molecule has 2 nitrogen and oxygen atoms in total. The molecular formula is C20H28O2. The molecule has 2 unspecified atom stereocenters. The molecule has 0 aromatic rings. The Morgan fingerprint density at radius 3 is 2.64 bits per heavy atom. The summed E-state index contributed by atoms with van der Waals surface area (Å²) in [4.78, 5) is 0. The molecule has 4 rings (SSSR count). The van der Waals surface area contributed by atoms with Crippen LogP contribution in [0.15, 0.2) is 34.9 Å². The summed E-state index contributed by atoms with van der Waals surface area (Å²) in [5, 5.41) is 20.5. The van der Waals surface area contributed by atoms with Crippen molar-refractivity contribution in [2.45, 2.75) is 65.1 Å². The molecular weight excluding hydrogens is 272 g/mol. The zero-order valence-corrected chi connectivity index (χ0v) is 14.0. The summed E-state index contributed by atoms with van der Waals surface area (Å²) in [6, 6.07) is 0. The first kappa shape index (κ1) is 14.7. The van der Waals surface area contributed by atoms with Gasteiger partial charge in [0.2, 0.25) is 0 Å². The fraction of sp³-hybridized carbons (Fsp3) is 0.700. The maximum atomic E-state index is 10.5. The highest BCUT2D eigenvalue weighted by molar-refractivity contribution is 5.46. The van der Waals surface area contributed by atoms with Crippen LogP contribution in [0.4, 0.5) is 0 Å². The van der Waals surface area contributed by atoms with Crippen molar-refractivity contribution in [3.05, 3.63) is 34.9 Å². The van der Waals surface area contributed by atoms with Crippen molar-refractivity contribution in [1.29, 1.82) is 0 Å². The third-order valence-corrected chi connectivity index (χ3v) is 7.36. The van der Waals surface area contributed by atoms with Crippen LogP contribution in [0.1, 0.15) is 52.9 Å². The van der Waals surface area contributed by atoms with E-state index in [9.17, 15) is 10.2 Å². The zero-order valence-electron chi connectivity index (χ0n) is 14.0. The van der Waals surface area contributed by atoms with Gasteiger partial charge in [-0.15, -0.1) is 0 Å². The predicted molar refractivity (Wildman–Crippen MR) is 88.2 cm³/mol. The molecule has 22 heavy (non-hydrogen) atoms. The molecule has 2 heteroatoms. The van der Waals surface area contributed by atoms with Gasteiger partial charge < -0.3 is 10.2 Å². The second kappa shape index (κ2) is 4.58. The Bertz CT molecular complexity index is 599. The van der Waals surface area contributed by atoms with E-state index in [-0.39, 0.29) is 23.0 Å². The highest BCUT2D eigenvalue weighted by atomic mass is 16.3. The van der Waals surface area contributed by atoms with E-state index in [2.05, 4.69) is 32.9 Å². The van der Waals surface area contributed by atoms with Gasteiger partial charge in [0.1, 0.15) is 0 Å². The number of hydrogen-bond acceptors (Lipinski definition) is 2. The average Bonchev–Trinajstić information content (AvgIpc) is 2.77. The SMILES string of the molecule is CC1=C2[C@@H](CC[C@]3(C)C(O)CC[C@@H]23)[C@@]2(C)C=CC(O)CC2=C1. The van der Waals surface area contributed by atoms with Crippen molar-refractivity contribution < 1.29 is 10.2 Å². The molecule has 0 amide bonds. The van der Waals surface area contributed by atoms with Gasteiger partial charge in [-0.25, -0.2) is 0 Å². The second-order valence-electron chi connectivity index (χ2n) is 8.46. The summed E-state index contributed by atoms with van der Waals surface area (Å²) < 4.78 is 0. The smallest absolute Gasteiger partial charge is 0.0758 e. The van der Waals surface area contributed by atoms with Crippen LogP contribution in [0.2, 0.25) is 0 Å². The molecule has 0 saturated heterocycles. The van der Waals surface area contributed by atoms with E-state index in [1.165, 1.54) is 11.1 Å². The first-order valence-electron chi connectivity index (χ1n) is 8.83. The van der Waals surface area contributed by atoms with E-state index in [0.29, 0.717) is 11.8 Å². The van der Waals surface area contributed by atoms with Gasteiger partial charge in [0.05, 0.1) is 12.2 Å². The van der Waals surface area contributed by atoms with E-state index in [4.69, 9.17) is 0 Å². The molecule has 4 aliphatic rings. The Kier molecular flexibility index (Phi) is 3.06. The topological polar surface area (TPSA) is 40.5 Å². The van der Waals surface area contributed by atoms with Crippen molar-refractivity contribution in [2.75, 3.05) is 0 Å². The molecule has 6 atom stereocenters. The minimum atomic E-state index is -0.323. The highest BCUT2D eigenvalue weighted by Gasteiger charge is 2.56. The van der Waals surface area contributed by atoms with Crippen LogP contribution in [0.25, 0.3) is 0 Å². The normalized spacial score (nSPS) is 50.3. The van der Waals surface area contributed by atoms with Gasteiger partial charge in [-0.2, -0.15) is 0 Å². The molecule has 2 fully saturated rings. The Balaban J connectivity index is 1.83. The van der Waals surface area contributed by atoms with Crippen LogP contribution in [-0.4, -0.2) is 22.4 Å². The van der Waals surface area contributed by atoms with Gasteiger partial charge in [0, 0.05) is 10.8 Å². The molecule has 0 aliphatic heterocycles. The summed E-state index contributed by atoms with van der Waals surface area (Å²) in [5.41, 5.74) is 4.56. The molecule has 0 aromatic carbocycles. The first-order chi connectivity index (χ1) is 10.4. The van der Waals surface area contributed by atoms with Crippen molar-refractivity contribution >= 4 is 0 Å². The lowest BCUT2D eigenvalue weighted by molar-refractivity contribution is 0.0121. The lowest BCUT2D eigenvalue weighted by Crippen LogP contribution is -2.46. The van der Waals surface area contributed by atoms with Crippen LogP contribution in [0, 0.1) is 22.7 Å². The zero-order chi connectivity index (χ0) is 15.7. The number of fused-ring (bicyclic) bond motifs is 5. The Morgan fingerprint density at radius 2 is 1.86 bits per heavy atom. The fourth-order valence-electron chi connectivity index (χ4n) is 5.92. The Hall–Kier alpha value is -0.860. The summed E-state index contributed by atoms with van der Waals surface area (Å²) in [6.45, 7) is 6.90. The summed E-state index contributed by atoms with van der Waals surface area (Å²) >= 11 is 0. The molecule has 4 aliphatic carbocycles. The Labute approximate surface area is 133 Å². The summed E-state index contributed by atoms with van der Waals surface area (Å²) in [7, 11) is 0. The minimum absolute atomic E-state index is 0.0724. The Morgan fingerprint density at radius 1 is 1.09 bits per heavy atom. The lowest BCUT2D eigenvalue weighted by atomic mass is 9.51. The van der Waals surface area contributed by atoms with Crippen molar-refractivity contribution in [3.63, 3.8) is 0 Å². The minimum Gasteiger partial charge on any atom is -0.393 e. The van der Waals surface area contributed by atoms with Gasteiger partial charge in [0.15, 0.2) is 0 Å². The van der Waals surface area contributed by atoms with Crippen molar-refractivity contribution in [2.24, 2.45) is 22.7 Å². The molecule has 120 valence electrons. The average molecular weight is 300 g/mol. The molecule has 0 heterocycles. The number of aliphatic hydroxyl groups excluding tert-OH is 2. The van der Waals surface area contributed by atoms with Crippen LogP contribution in [-0.2, 0) is 0 Å². The van der Waals surface area contributed by atoms with Gasteiger partial charge in [-0.3, -0.25) is 0 Å². The maximum Gasteiger partial charge on any atom is 0.0758 e. The molecule has 2 N–H and O–H groups in total. The van der Waals surface area contributed by atoms with Crippen molar-refractivity contribution in [3.8, 4) is 0 Å². The van der Waals surface area contributed by atoms with Crippen LogP contribution in [0.3, 0.4) is 0 Å². The fourth-order valence-corrected chi connectivity index (χ4v) is 5.92. The number of allylic oxidation sites excluding steroid dienone is 4. The first-order valence-corrected chi connectivity index (χ1v) is 8.83. The van der Waals surface area contributed by atoms with Gasteiger partial charge in [0.25, 0.3) is 0 Å². The largest absolute Gasteiger partial charge is 0.393 e. The lowest BCUT2D eigenvalue weighted by Gasteiger charge is -2.53. The van der Waals surface area contributed by atoms with E-state index < -0.39 is 0 Å². The number of rotatable bonds is 0. The molecule has 0 aromatic heterocycles. The quantitative estimate of drug-likeness (QED) is 0.669. The van der Waals surface area contributed by atoms with E-state index in [1.54, 1.807) is 5.57 Å². The summed E-state index contributed by atoms with van der Waals surface area (Å²) in [5.74, 6) is 1.09. The van der Waals surface area contributed by atoms with E-state index >= 15 is 0 Å². The molecule has 0 bridgehead atoms. The highest BCUT2D eigenvalue weighted by Crippen LogP contribution is 2.63. The summed E-state index contributed by atoms with van der Waals surface area (Å²) in [6.07, 6.45) is 11.3. The van der Waals surface area contributed by atoms with Gasteiger partial charge in [-0.05, 0) is 50.9 Å². The third-order valence-electron chi connectivity index (χ3n) is 7.36. The van der Waals surface area contributed by atoms with Crippen LogP contribution >= 0.6 is 0 Å². The van der Waals surface area contributed by atoms with E-state index in [1.807, 2.05) is 6.08 Å². The third kappa shape index (κ3) is 1.74. The van der Waals surface area contributed by atoms with Crippen LogP contribution in [0.5, 0.6) is 0 Å². The second-order valence-corrected chi connectivity index (χ2v) is 8.46. The van der Waals surface area contributed by atoms with Crippen molar-refractivity contribution in [1.82, 2.24) is 0 Å². The monoisotopic (exact) mass is 300 g/mol. The standard InChI is InChI=1S/C20H28O2/c1-12-10-13-11-14(21)6-8-19(13,2)16-7-9-20(3)15(18(12)16)4-5-17(20)22/h6,8,10,14-17,21-22H,4-5,7,9,11H2,1-3H3/t14?,15-,16+,17?,19-,20-/m0/s1. The van der Waals surface area contributed by atoms with Gasteiger partial charge >= 0.3 is 0 Å². The van der Waals surface area contributed by atoms with E-state index in [0.717, 1.165) is 32.1 Å². The maximum absolute atomic E-state index is 10.5. The predicted octanol–water partition coefficient (Wildman–Crippen LogP) is 3.76. The van der Waals surface area contributed by atoms with Crippen LogP contribution < -0.4 is 0 Å². The van der Waals surface area contributed by atoms with Gasteiger partial charge in [-0.1, -0.05) is 48.8 Å². The number of hydrogen-bond donors (Lipinski definition) is 2. The number of aliphatic hydroxyl groups is 2. The molecule has 2 saturated carbocycles.